The number of nitrogens with one attached hydrogen (secondary N) is 2. The minimum Gasteiger partial charge on any atom is -0.504 e. The van der Waals surface area contributed by atoms with Crippen LogP contribution in [0.5, 0.6) is 5.75 Å². The van der Waals surface area contributed by atoms with Crippen molar-refractivity contribution in [2.24, 2.45) is 4.99 Å². The predicted octanol–water partition coefficient (Wildman–Crippen LogP) is 2.14. The highest BCUT2D eigenvalue weighted by Gasteiger charge is 2.25. The third-order valence-electron chi connectivity index (χ3n) is 3.75. The van der Waals surface area contributed by atoms with E-state index in [0.717, 1.165) is 6.20 Å². The molecule has 3 N–H and O–H groups in total. The first-order valence-corrected chi connectivity index (χ1v) is 7.47. The van der Waals surface area contributed by atoms with Crippen LogP contribution >= 0.6 is 0 Å². The summed E-state index contributed by atoms with van der Waals surface area (Å²) < 4.78 is 13.7. The quantitative estimate of drug-likeness (QED) is 0.731. The van der Waals surface area contributed by atoms with E-state index in [1.165, 1.54) is 18.2 Å². The standard InChI is InChI=1S/C17H14FN5O2/c1-9-3-4-10(18)7-11(9)13-14(12(24)8-22-15(13)19-2)16(25)23-17-20-5-6-21-17/h3-4,7-8,24H,5-6H2,1H3,(H2,20,21,23,25). The van der Waals surface area contributed by atoms with Gasteiger partial charge in [0.1, 0.15) is 5.82 Å². The number of benzene rings is 1. The summed E-state index contributed by atoms with van der Waals surface area (Å²) in [5.41, 5.74) is 0.902. The van der Waals surface area contributed by atoms with Crippen LogP contribution in [-0.4, -0.2) is 35.0 Å². The normalized spacial score (nSPS) is 12.9. The molecule has 0 bridgehead atoms. The van der Waals surface area contributed by atoms with Gasteiger partial charge in [-0.05, 0) is 30.2 Å². The van der Waals surface area contributed by atoms with Gasteiger partial charge in [-0.25, -0.2) is 4.39 Å². The van der Waals surface area contributed by atoms with E-state index in [2.05, 4.69) is 25.5 Å². The Morgan fingerprint density at radius 2 is 2.28 bits per heavy atom. The van der Waals surface area contributed by atoms with Gasteiger partial charge in [0.15, 0.2) is 17.9 Å². The lowest BCUT2D eigenvalue weighted by Crippen LogP contribution is -2.38. The molecule has 0 fully saturated rings. The summed E-state index contributed by atoms with van der Waals surface area (Å²) in [6.07, 6.45) is 1.03. The minimum atomic E-state index is -0.656. The summed E-state index contributed by atoms with van der Waals surface area (Å²) in [6.45, 7) is 10.2. The van der Waals surface area contributed by atoms with Crippen molar-refractivity contribution < 1.29 is 14.3 Å². The highest BCUT2D eigenvalue weighted by molar-refractivity contribution is 6.12. The number of carbonyl (C=O) groups excluding carboxylic acids is 1. The third-order valence-corrected chi connectivity index (χ3v) is 3.75. The molecule has 1 aliphatic rings. The molecule has 0 saturated heterocycles. The van der Waals surface area contributed by atoms with Crippen LogP contribution in [0.15, 0.2) is 29.4 Å². The van der Waals surface area contributed by atoms with Gasteiger partial charge in [-0.1, -0.05) is 12.6 Å². The molecule has 0 atom stereocenters. The van der Waals surface area contributed by atoms with Gasteiger partial charge in [-0.15, -0.1) is 4.98 Å². The molecule has 1 amide bonds. The lowest BCUT2D eigenvalue weighted by Gasteiger charge is -2.14. The number of hydrogen-bond donors (Lipinski definition) is 3. The van der Waals surface area contributed by atoms with Crippen LogP contribution in [0.25, 0.3) is 16.0 Å². The Labute approximate surface area is 143 Å². The first kappa shape index (κ1) is 16.4. The number of aryl methyl sites for hydroxylation is 1. The van der Waals surface area contributed by atoms with Gasteiger partial charge in [0.05, 0.1) is 12.1 Å². The maximum absolute atomic E-state index is 13.7. The van der Waals surface area contributed by atoms with E-state index in [4.69, 9.17) is 6.57 Å². The number of amides is 1. The van der Waals surface area contributed by atoms with E-state index in [1.807, 2.05) is 0 Å². The number of guanidine groups is 1. The van der Waals surface area contributed by atoms with Crippen molar-refractivity contribution in [3.8, 4) is 16.9 Å². The summed E-state index contributed by atoms with van der Waals surface area (Å²) in [4.78, 5) is 23.9. The fourth-order valence-corrected chi connectivity index (χ4v) is 2.58. The second-order valence-electron chi connectivity index (χ2n) is 5.40. The number of halogens is 1. The highest BCUT2D eigenvalue weighted by Crippen LogP contribution is 2.38. The van der Waals surface area contributed by atoms with Crippen molar-refractivity contribution in [3.63, 3.8) is 0 Å². The fraction of sp³-hybridized carbons (Fsp3) is 0.176. The Morgan fingerprint density at radius 1 is 1.48 bits per heavy atom. The van der Waals surface area contributed by atoms with Crippen molar-refractivity contribution in [2.75, 3.05) is 13.1 Å². The number of rotatable bonds is 2. The van der Waals surface area contributed by atoms with Crippen LogP contribution in [0.3, 0.4) is 0 Å². The van der Waals surface area contributed by atoms with E-state index in [0.29, 0.717) is 24.2 Å². The van der Waals surface area contributed by atoms with E-state index >= 15 is 0 Å². The van der Waals surface area contributed by atoms with Gasteiger partial charge >= 0.3 is 0 Å². The molecule has 25 heavy (non-hydrogen) atoms. The molecule has 1 aromatic carbocycles. The SMILES string of the molecule is [C-]#[N+]c1ncc(O)c(C(=O)NC2=NCCN2)c1-c1cc(F)ccc1C. The minimum absolute atomic E-state index is 0.0862. The zero-order chi connectivity index (χ0) is 18.0. The van der Waals surface area contributed by atoms with Gasteiger partial charge in [0.25, 0.3) is 11.7 Å². The van der Waals surface area contributed by atoms with Gasteiger partial charge in [-0.2, -0.15) is 0 Å². The lowest BCUT2D eigenvalue weighted by atomic mass is 9.95. The second kappa shape index (κ2) is 6.57. The van der Waals surface area contributed by atoms with Crippen LogP contribution in [0.1, 0.15) is 15.9 Å². The second-order valence-corrected chi connectivity index (χ2v) is 5.40. The van der Waals surface area contributed by atoms with E-state index in [1.54, 1.807) is 6.92 Å². The lowest BCUT2D eigenvalue weighted by molar-refractivity contribution is 0.0974. The molecule has 0 saturated carbocycles. The number of aromatic nitrogens is 1. The Kier molecular flexibility index (Phi) is 4.31. The molecule has 0 spiro atoms. The highest BCUT2D eigenvalue weighted by atomic mass is 19.1. The van der Waals surface area contributed by atoms with Gasteiger partial charge < -0.3 is 15.3 Å². The van der Waals surface area contributed by atoms with Crippen molar-refractivity contribution in [3.05, 3.63) is 52.8 Å². The third kappa shape index (κ3) is 3.12. The fourth-order valence-electron chi connectivity index (χ4n) is 2.58. The predicted molar refractivity (Wildman–Crippen MR) is 90.1 cm³/mol. The van der Waals surface area contributed by atoms with Crippen molar-refractivity contribution in [2.45, 2.75) is 6.92 Å². The summed E-state index contributed by atoms with van der Waals surface area (Å²) in [5.74, 6) is -1.39. The van der Waals surface area contributed by atoms with E-state index in [-0.39, 0.29) is 22.9 Å². The first-order valence-electron chi connectivity index (χ1n) is 7.47. The molecule has 0 aliphatic carbocycles. The van der Waals surface area contributed by atoms with Crippen LogP contribution in [0.4, 0.5) is 10.2 Å². The zero-order valence-electron chi connectivity index (χ0n) is 13.3. The molecule has 3 rings (SSSR count). The molecule has 8 heteroatoms. The molecule has 1 aromatic heterocycles. The van der Waals surface area contributed by atoms with Crippen LogP contribution in [-0.2, 0) is 0 Å². The molecule has 7 nitrogen and oxygen atoms in total. The maximum atomic E-state index is 13.7. The Bertz CT molecular complexity index is 933. The maximum Gasteiger partial charge on any atom is 0.278 e. The smallest absolute Gasteiger partial charge is 0.278 e. The van der Waals surface area contributed by atoms with Gasteiger partial charge in [0.2, 0.25) is 0 Å². The molecule has 2 aromatic rings. The molecular formula is C17H14FN5O2. The molecule has 0 radical (unpaired) electrons. The van der Waals surface area contributed by atoms with E-state index < -0.39 is 17.5 Å². The molecule has 126 valence electrons. The molecule has 2 heterocycles. The Balaban J connectivity index is 2.19. The number of carbonyl (C=O) groups is 1. The van der Waals surface area contributed by atoms with Gasteiger partial charge in [0, 0.05) is 12.1 Å². The van der Waals surface area contributed by atoms with E-state index in [9.17, 15) is 14.3 Å². The number of aromatic hydroxyl groups is 1. The summed E-state index contributed by atoms with van der Waals surface area (Å²) in [5, 5.41) is 15.6. The topological polar surface area (TPSA) is 91.0 Å². The van der Waals surface area contributed by atoms with Crippen LogP contribution in [0.2, 0.25) is 0 Å². The number of hydrogen-bond acceptors (Lipinski definition) is 5. The summed E-state index contributed by atoms with van der Waals surface area (Å²) in [7, 11) is 0. The molecule has 1 aliphatic heterocycles. The van der Waals surface area contributed by atoms with Gasteiger partial charge in [-0.3, -0.25) is 15.1 Å². The van der Waals surface area contributed by atoms with Crippen LogP contribution in [0, 0.1) is 19.3 Å². The number of aliphatic imine (C=N–C) groups is 1. The summed E-state index contributed by atoms with van der Waals surface area (Å²) >= 11 is 0. The van der Waals surface area contributed by atoms with Crippen molar-refractivity contribution in [1.82, 2.24) is 15.6 Å². The zero-order valence-corrected chi connectivity index (χ0v) is 13.3. The molecular weight excluding hydrogens is 325 g/mol. The van der Waals surface area contributed by atoms with Crippen LogP contribution < -0.4 is 10.6 Å². The van der Waals surface area contributed by atoms with Crippen molar-refractivity contribution >= 4 is 17.7 Å². The number of nitrogens with zero attached hydrogens (tertiary/aromatic N) is 3. The monoisotopic (exact) mass is 339 g/mol. The largest absolute Gasteiger partial charge is 0.504 e. The Morgan fingerprint density at radius 3 is 2.96 bits per heavy atom. The Hall–Kier alpha value is -3.47. The first-order chi connectivity index (χ1) is 12.0. The summed E-state index contributed by atoms with van der Waals surface area (Å²) in [6, 6.07) is 4.03. The number of pyridine rings is 1. The molecule has 0 unspecified atom stereocenters. The average Bonchev–Trinajstić information content (AvgIpc) is 3.09. The van der Waals surface area contributed by atoms with Crippen molar-refractivity contribution in [1.29, 1.82) is 0 Å². The average molecular weight is 339 g/mol.